The van der Waals surface area contributed by atoms with Crippen molar-refractivity contribution >= 4 is 40.2 Å². The van der Waals surface area contributed by atoms with E-state index < -0.39 is 0 Å². The predicted molar refractivity (Wildman–Crippen MR) is 120 cm³/mol. The molecule has 0 aliphatic carbocycles. The number of ether oxygens (including phenoxy) is 1. The molecule has 1 aromatic heterocycles. The van der Waals surface area contributed by atoms with Crippen molar-refractivity contribution < 1.29 is 18.7 Å². The SMILES string of the molecule is CCCCc1oc2ccccc2c1/C=C/C(=O)Nc1cc(NC(C)=O)ccc1OC. The van der Waals surface area contributed by atoms with Crippen molar-refractivity contribution in [2.75, 3.05) is 17.7 Å². The molecule has 2 N–H and O–H groups in total. The number of anilines is 2. The number of fused-ring (bicyclic) bond motifs is 1. The van der Waals surface area contributed by atoms with Crippen LogP contribution in [0, 0.1) is 0 Å². The molecule has 2 aromatic carbocycles. The summed E-state index contributed by atoms with van der Waals surface area (Å²) in [5.41, 5.74) is 2.79. The van der Waals surface area contributed by atoms with Crippen molar-refractivity contribution in [1.29, 1.82) is 0 Å². The number of benzene rings is 2. The van der Waals surface area contributed by atoms with E-state index in [-0.39, 0.29) is 11.8 Å². The van der Waals surface area contributed by atoms with E-state index in [1.54, 1.807) is 24.3 Å². The quantitative estimate of drug-likeness (QED) is 0.491. The molecule has 0 unspecified atom stereocenters. The third-order valence-corrected chi connectivity index (χ3v) is 4.65. The van der Waals surface area contributed by atoms with Gasteiger partial charge in [0.25, 0.3) is 0 Å². The van der Waals surface area contributed by atoms with E-state index in [1.807, 2.05) is 24.3 Å². The molecule has 0 saturated heterocycles. The van der Waals surface area contributed by atoms with Gasteiger partial charge in [0, 0.05) is 36.1 Å². The van der Waals surface area contributed by atoms with Crippen LogP contribution >= 0.6 is 0 Å². The van der Waals surface area contributed by atoms with Gasteiger partial charge >= 0.3 is 0 Å². The maximum absolute atomic E-state index is 12.6. The Kier molecular flexibility index (Phi) is 6.91. The molecule has 0 bridgehead atoms. The van der Waals surface area contributed by atoms with Gasteiger partial charge in [-0.2, -0.15) is 0 Å². The summed E-state index contributed by atoms with van der Waals surface area (Å²) < 4.78 is 11.3. The molecule has 0 saturated carbocycles. The highest BCUT2D eigenvalue weighted by molar-refractivity contribution is 6.04. The molecule has 0 aliphatic rings. The Hall–Kier alpha value is -3.54. The average molecular weight is 406 g/mol. The van der Waals surface area contributed by atoms with Crippen LogP contribution < -0.4 is 15.4 Å². The minimum absolute atomic E-state index is 0.191. The number of methoxy groups -OCH3 is 1. The van der Waals surface area contributed by atoms with E-state index in [4.69, 9.17) is 9.15 Å². The first-order valence-electron chi connectivity index (χ1n) is 9.97. The highest BCUT2D eigenvalue weighted by atomic mass is 16.5. The van der Waals surface area contributed by atoms with Gasteiger partial charge in [-0.05, 0) is 36.8 Å². The normalized spacial score (nSPS) is 11.0. The van der Waals surface area contributed by atoms with Crippen molar-refractivity contribution in [3.63, 3.8) is 0 Å². The maximum Gasteiger partial charge on any atom is 0.248 e. The number of furan rings is 1. The number of nitrogens with one attached hydrogen (secondary N) is 2. The fraction of sp³-hybridized carbons (Fsp3) is 0.250. The number of unbranched alkanes of at least 4 members (excludes halogenated alkanes) is 1. The van der Waals surface area contributed by atoms with Crippen molar-refractivity contribution in [2.24, 2.45) is 0 Å². The first-order valence-corrected chi connectivity index (χ1v) is 9.97. The molecule has 0 spiro atoms. The van der Waals surface area contributed by atoms with Crippen LogP contribution in [0.2, 0.25) is 0 Å². The van der Waals surface area contributed by atoms with Crippen LogP contribution in [-0.2, 0) is 16.0 Å². The molecule has 2 amide bonds. The molecule has 30 heavy (non-hydrogen) atoms. The number of aryl methyl sites for hydroxylation is 1. The van der Waals surface area contributed by atoms with Crippen molar-refractivity contribution in [3.8, 4) is 5.75 Å². The highest BCUT2D eigenvalue weighted by Crippen LogP contribution is 2.30. The van der Waals surface area contributed by atoms with Gasteiger partial charge < -0.3 is 19.8 Å². The molecular weight excluding hydrogens is 380 g/mol. The van der Waals surface area contributed by atoms with Crippen molar-refractivity contribution in [2.45, 2.75) is 33.1 Å². The van der Waals surface area contributed by atoms with Crippen LogP contribution in [-0.4, -0.2) is 18.9 Å². The largest absolute Gasteiger partial charge is 0.495 e. The predicted octanol–water partition coefficient (Wildman–Crippen LogP) is 5.39. The number of carbonyl (C=O) groups is 2. The minimum Gasteiger partial charge on any atom is -0.495 e. The maximum atomic E-state index is 12.6. The van der Waals surface area contributed by atoms with Crippen molar-refractivity contribution in [3.05, 3.63) is 59.9 Å². The Morgan fingerprint density at radius 3 is 2.67 bits per heavy atom. The van der Waals surface area contributed by atoms with Gasteiger partial charge in [-0.1, -0.05) is 31.5 Å². The van der Waals surface area contributed by atoms with Gasteiger partial charge in [-0.3, -0.25) is 9.59 Å². The summed E-state index contributed by atoms with van der Waals surface area (Å²) in [7, 11) is 1.52. The molecule has 0 radical (unpaired) electrons. The lowest BCUT2D eigenvalue weighted by Crippen LogP contribution is -2.11. The van der Waals surface area contributed by atoms with E-state index in [9.17, 15) is 9.59 Å². The fourth-order valence-electron chi connectivity index (χ4n) is 3.24. The lowest BCUT2D eigenvalue weighted by atomic mass is 10.1. The zero-order chi connectivity index (χ0) is 21.5. The lowest BCUT2D eigenvalue weighted by Gasteiger charge is -2.11. The lowest BCUT2D eigenvalue weighted by molar-refractivity contribution is -0.114. The second kappa shape index (κ2) is 9.78. The second-order valence-electron chi connectivity index (χ2n) is 6.96. The number of para-hydroxylation sites is 1. The van der Waals surface area contributed by atoms with Crippen LogP contribution in [0.15, 0.2) is 53.0 Å². The summed E-state index contributed by atoms with van der Waals surface area (Å²) in [6.45, 7) is 3.56. The Labute approximate surface area is 175 Å². The van der Waals surface area contributed by atoms with E-state index in [0.29, 0.717) is 17.1 Å². The third kappa shape index (κ3) is 5.08. The highest BCUT2D eigenvalue weighted by Gasteiger charge is 2.12. The topological polar surface area (TPSA) is 80.6 Å². The number of hydrogen-bond acceptors (Lipinski definition) is 4. The number of hydrogen-bond donors (Lipinski definition) is 2. The minimum atomic E-state index is -0.306. The Bertz CT molecular complexity index is 1080. The first-order chi connectivity index (χ1) is 14.5. The molecule has 3 aromatic rings. The summed E-state index contributed by atoms with van der Waals surface area (Å²) in [6.07, 6.45) is 6.16. The Morgan fingerprint density at radius 1 is 1.13 bits per heavy atom. The summed E-state index contributed by atoms with van der Waals surface area (Å²) in [6, 6.07) is 12.9. The van der Waals surface area contributed by atoms with E-state index in [0.717, 1.165) is 41.6 Å². The Balaban J connectivity index is 1.84. The molecular formula is C24H26N2O4. The number of rotatable bonds is 8. The van der Waals surface area contributed by atoms with Gasteiger partial charge in [-0.25, -0.2) is 0 Å². The van der Waals surface area contributed by atoms with Gasteiger partial charge in [0.2, 0.25) is 11.8 Å². The molecule has 3 rings (SSSR count). The zero-order valence-corrected chi connectivity index (χ0v) is 17.5. The molecule has 0 aliphatic heterocycles. The zero-order valence-electron chi connectivity index (χ0n) is 17.5. The molecule has 1 heterocycles. The van der Waals surface area contributed by atoms with Crippen molar-refractivity contribution in [1.82, 2.24) is 0 Å². The van der Waals surface area contributed by atoms with E-state index in [2.05, 4.69) is 17.6 Å². The van der Waals surface area contributed by atoms with Crippen LogP contribution in [0.5, 0.6) is 5.75 Å². The average Bonchev–Trinajstić information content (AvgIpc) is 3.08. The van der Waals surface area contributed by atoms with E-state index >= 15 is 0 Å². The van der Waals surface area contributed by atoms with E-state index in [1.165, 1.54) is 20.1 Å². The molecule has 6 nitrogen and oxygen atoms in total. The van der Waals surface area contributed by atoms with Gasteiger partial charge in [0.05, 0.1) is 12.8 Å². The monoisotopic (exact) mass is 406 g/mol. The van der Waals surface area contributed by atoms with Gasteiger partial charge in [0.15, 0.2) is 0 Å². The van der Waals surface area contributed by atoms with Crippen LogP contribution in [0.4, 0.5) is 11.4 Å². The number of carbonyl (C=O) groups excluding carboxylic acids is 2. The fourth-order valence-corrected chi connectivity index (χ4v) is 3.24. The first kappa shape index (κ1) is 21.2. The summed E-state index contributed by atoms with van der Waals surface area (Å²) >= 11 is 0. The van der Waals surface area contributed by atoms with Gasteiger partial charge in [-0.15, -0.1) is 0 Å². The van der Waals surface area contributed by atoms with Gasteiger partial charge in [0.1, 0.15) is 17.1 Å². The van der Waals surface area contributed by atoms with Crippen LogP contribution in [0.3, 0.4) is 0 Å². The van der Waals surface area contributed by atoms with Crippen LogP contribution in [0.1, 0.15) is 38.0 Å². The standard InChI is InChI=1S/C24H26N2O4/c1-4-5-9-21-19(18-8-6-7-10-22(18)30-21)12-14-24(28)26-20-15-17(25-16(2)27)11-13-23(20)29-3/h6-8,10-15H,4-5,9H2,1-3H3,(H,25,27)(H,26,28)/b14-12+. The number of amides is 2. The molecule has 0 fully saturated rings. The second-order valence-corrected chi connectivity index (χ2v) is 6.96. The Morgan fingerprint density at radius 2 is 1.93 bits per heavy atom. The summed E-state index contributed by atoms with van der Waals surface area (Å²) in [4.78, 5) is 23.9. The molecule has 6 heteroatoms. The summed E-state index contributed by atoms with van der Waals surface area (Å²) in [5.74, 6) is 0.888. The smallest absolute Gasteiger partial charge is 0.248 e. The summed E-state index contributed by atoms with van der Waals surface area (Å²) in [5, 5.41) is 6.49. The van der Waals surface area contributed by atoms with Crippen LogP contribution in [0.25, 0.3) is 17.0 Å². The third-order valence-electron chi connectivity index (χ3n) is 4.65. The molecule has 0 atom stereocenters. The molecule has 156 valence electrons.